The Bertz CT molecular complexity index is 449. The van der Waals surface area contributed by atoms with Crippen LogP contribution < -0.4 is 4.74 Å². The highest BCUT2D eigenvalue weighted by Gasteiger charge is 2.31. The summed E-state index contributed by atoms with van der Waals surface area (Å²) in [5.74, 6) is 0.479. The van der Waals surface area contributed by atoms with E-state index >= 15 is 0 Å². The van der Waals surface area contributed by atoms with E-state index < -0.39 is 11.7 Å². The lowest BCUT2D eigenvalue weighted by Gasteiger charge is -2.14. The van der Waals surface area contributed by atoms with Crippen LogP contribution in [0.4, 0.5) is 13.2 Å². The number of alkyl halides is 3. The summed E-state index contributed by atoms with van der Waals surface area (Å²) < 4.78 is 43.4. The average molecular weight is 271 g/mol. The Morgan fingerprint density at radius 1 is 1.32 bits per heavy atom. The van der Waals surface area contributed by atoms with Crippen molar-refractivity contribution in [3.8, 4) is 11.8 Å². The molecule has 0 saturated carbocycles. The molecule has 0 aliphatic heterocycles. The van der Waals surface area contributed by atoms with Crippen molar-refractivity contribution in [2.75, 3.05) is 6.61 Å². The highest BCUT2D eigenvalue weighted by atomic mass is 19.4. The van der Waals surface area contributed by atoms with Gasteiger partial charge in [0, 0.05) is 6.42 Å². The maximum atomic E-state index is 12.6. The molecule has 2 nitrogen and oxygen atoms in total. The molecule has 0 aliphatic rings. The van der Waals surface area contributed by atoms with Crippen LogP contribution >= 0.6 is 0 Å². The molecule has 1 aromatic carbocycles. The van der Waals surface area contributed by atoms with Crippen molar-refractivity contribution in [3.05, 3.63) is 29.3 Å². The van der Waals surface area contributed by atoms with Gasteiger partial charge in [0.25, 0.3) is 0 Å². The monoisotopic (exact) mass is 271 g/mol. The molecule has 0 unspecified atom stereocenters. The molecule has 0 N–H and O–H groups in total. The van der Waals surface area contributed by atoms with Gasteiger partial charge in [0.2, 0.25) is 0 Å². The molecule has 1 rings (SSSR count). The van der Waals surface area contributed by atoms with E-state index in [2.05, 4.69) is 0 Å². The summed E-state index contributed by atoms with van der Waals surface area (Å²) in [5, 5.41) is 8.48. The Morgan fingerprint density at radius 2 is 2.05 bits per heavy atom. The van der Waals surface area contributed by atoms with Crippen LogP contribution in [0, 0.1) is 11.3 Å². The largest absolute Gasteiger partial charge is 0.493 e. The third-order valence-electron chi connectivity index (χ3n) is 2.58. The molecule has 0 amide bonds. The summed E-state index contributed by atoms with van der Waals surface area (Å²) >= 11 is 0. The standard InChI is InChI=1S/C14H16F3NO/c1-2-9-19-13-7-6-12(14(15,16)17)10-11(13)5-3-4-8-18/h6-7,10H,2-5,9H2,1H3. The van der Waals surface area contributed by atoms with E-state index in [9.17, 15) is 13.2 Å². The van der Waals surface area contributed by atoms with E-state index in [-0.39, 0.29) is 0 Å². The van der Waals surface area contributed by atoms with Gasteiger partial charge in [0.1, 0.15) is 5.75 Å². The van der Waals surface area contributed by atoms with Crippen molar-refractivity contribution in [2.24, 2.45) is 0 Å². The number of nitriles is 1. The van der Waals surface area contributed by atoms with Crippen molar-refractivity contribution in [2.45, 2.75) is 38.8 Å². The number of ether oxygens (including phenoxy) is 1. The second-order valence-electron chi connectivity index (χ2n) is 4.18. The number of hydrogen-bond donors (Lipinski definition) is 0. The molecule has 0 fully saturated rings. The van der Waals surface area contributed by atoms with Gasteiger partial charge >= 0.3 is 6.18 Å². The fourth-order valence-corrected chi connectivity index (χ4v) is 1.66. The third kappa shape index (κ3) is 4.82. The minimum Gasteiger partial charge on any atom is -0.493 e. The van der Waals surface area contributed by atoms with Crippen molar-refractivity contribution >= 4 is 0 Å². The molecule has 0 radical (unpaired) electrons. The van der Waals surface area contributed by atoms with Gasteiger partial charge in [-0.2, -0.15) is 18.4 Å². The van der Waals surface area contributed by atoms with Crippen LogP contribution in [0.3, 0.4) is 0 Å². The van der Waals surface area contributed by atoms with Crippen molar-refractivity contribution in [1.82, 2.24) is 0 Å². The molecule has 0 aliphatic carbocycles. The first-order valence-corrected chi connectivity index (χ1v) is 6.19. The van der Waals surface area contributed by atoms with Crippen LogP contribution in [0.1, 0.15) is 37.3 Å². The summed E-state index contributed by atoms with van der Waals surface area (Å²) in [7, 11) is 0. The first kappa shape index (κ1) is 15.4. The molecule has 0 aromatic heterocycles. The molecule has 0 heterocycles. The van der Waals surface area contributed by atoms with Crippen LogP contribution in [0.2, 0.25) is 0 Å². The Morgan fingerprint density at radius 3 is 2.63 bits per heavy atom. The van der Waals surface area contributed by atoms with Gasteiger partial charge in [-0.1, -0.05) is 6.92 Å². The van der Waals surface area contributed by atoms with E-state index in [1.54, 1.807) is 0 Å². The fourth-order valence-electron chi connectivity index (χ4n) is 1.66. The Balaban J connectivity index is 2.94. The Hall–Kier alpha value is -1.70. The lowest BCUT2D eigenvalue weighted by atomic mass is 10.0. The second-order valence-corrected chi connectivity index (χ2v) is 4.18. The summed E-state index contributed by atoms with van der Waals surface area (Å²) in [6.07, 6.45) is -2.30. The molecular formula is C14H16F3NO. The molecular weight excluding hydrogens is 255 g/mol. The number of nitrogens with zero attached hydrogens (tertiary/aromatic N) is 1. The van der Waals surface area contributed by atoms with Gasteiger partial charge in [-0.05, 0) is 43.0 Å². The molecule has 1 aromatic rings. The maximum Gasteiger partial charge on any atom is 0.416 e. The number of rotatable bonds is 6. The number of unbranched alkanes of at least 4 members (excludes halogenated alkanes) is 1. The van der Waals surface area contributed by atoms with Gasteiger partial charge < -0.3 is 4.74 Å². The number of aryl methyl sites for hydroxylation is 1. The number of hydrogen-bond acceptors (Lipinski definition) is 2. The van der Waals surface area contributed by atoms with E-state index in [0.29, 0.717) is 37.2 Å². The highest BCUT2D eigenvalue weighted by molar-refractivity contribution is 5.38. The minimum atomic E-state index is -4.35. The first-order chi connectivity index (χ1) is 8.99. The van der Waals surface area contributed by atoms with Gasteiger partial charge in [0.05, 0.1) is 18.2 Å². The quantitative estimate of drug-likeness (QED) is 0.721. The molecule has 19 heavy (non-hydrogen) atoms. The summed E-state index contributed by atoms with van der Waals surface area (Å²) in [4.78, 5) is 0. The van der Waals surface area contributed by atoms with E-state index in [1.807, 2.05) is 13.0 Å². The molecule has 5 heteroatoms. The van der Waals surface area contributed by atoms with E-state index in [4.69, 9.17) is 10.00 Å². The zero-order valence-electron chi connectivity index (χ0n) is 10.8. The fraction of sp³-hybridized carbons (Fsp3) is 0.500. The lowest BCUT2D eigenvalue weighted by molar-refractivity contribution is -0.137. The molecule has 104 valence electrons. The lowest BCUT2D eigenvalue weighted by Crippen LogP contribution is -2.07. The van der Waals surface area contributed by atoms with Crippen LogP contribution in [0.15, 0.2) is 18.2 Å². The third-order valence-corrected chi connectivity index (χ3v) is 2.58. The minimum absolute atomic E-state index is 0.323. The Kier molecular flexibility index (Phi) is 5.68. The van der Waals surface area contributed by atoms with Crippen LogP contribution in [0.25, 0.3) is 0 Å². The average Bonchev–Trinajstić information content (AvgIpc) is 2.36. The van der Waals surface area contributed by atoms with Crippen LogP contribution in [-0.4, -0.2) is 6.61 Å². The maximum absolute atomic E-state index is 12.6. The van der Waals surface area contributed by atoms with Gasteiger partial charge in [0.15, 0.2) is 0 Å². The number of benzene rings is 1. The van der Waals surface area contributed by atoms with E-state index in [0.717, 1.165) is 18.6 Å². The Labute approximate surface area is 110 Å². The highest BCUT2D eigenvalue weighted by Crippen LogP contribution is 2.33. The van der Waals surface area contributed by atoms with Crippen molar-refractivity contribution in [1.29, 1.82) is 5.26 Å². The van der Waals surface area contributed by atoms with Gasteiger partial charge in [-0.25, -0.2) is 0 Å². The van der Waals surface area contributed by atoms with Gasteiger partial charge in [-0.3, -0.25) is 0 Å². The molecule has 0 saturated heterocycles. The van der Waals surface area contributed by atoms with Crippen molar-refractivity contribution in [3.63, 3.8) is 0 Å². The van der Waals surface area contributed by atoms with Gasteiger partial charge in [-0.15, -0.1) is 0 Å². The summed E-state index contributed by atoms with van der Waals surface area (Å²) in [5.41, 5.74) is -0.165. The number of halogens is 3. The second kappa shape index (κ2) is 7.03. The SMILES string of the molecule is CCCOc1ccc(C(F)(F)F)cc1CCCC#N. The zero-order valence-corrected chi connectivity index (χ0v) is 10.8. The van der Waals surface area contributed by atoms with E-state index in [1.165, 1.54) is 6.07 Å². The topological polar surface area (TPSA) is 33.0 Å². The summed E-state index contributed by atoms with van der Waals surface area (Å²) in [6, 6.07) is 5.48. The summed E-state index contributed by atoms with van der Waals surface area (Å²) in [6.45, 7) is 2.40. The normalized spacial score (nSPS) is 11.1. The zero-order chi connectivity index (χ0) is 14.3. The molecule has 0 atom stereocenters. The predicted molar refractivity (Wildman–Crippen MR) is 65.8 cm³/mol. The predicted octanol–water partition coefficient (Wildman–Crippen LogP) is 4.34. The van der Waals surface area contributed by atoms with Crippen molar-refractivity contribution < 1.29 is 17.9 Å². The molecule has 0 spiro atoms. The smallest absolute Gasteiger partial charge is 0.416 e. The van der Waals surface area contributed by atoms with Crippen LogP contribution in [-0.2, 0) is 12.6 Å². The first-order valence-electron chi connectivity index (χ1n) is 6.19. The van der Waals surface area contributed by atoms with Crippen LogP contribution in [0.5, 0.6) is 5.75 Å². The molecule has 0 bridgehead atoms.